The molecule has 1 aliphatic rings. The van der Waals surface area contributed by atoms with Crippen LogP contribution in [0.4, 0.5) is 5.82 Å². The van der Waals surface area contributed by atoms with Crippen LogP contribution in [0.25, 0.3) is 0 Å². The highest BCUT2D eigenvalue weighted by Gasteiger charge is 2.27. The number of aliphatic hydroxyl groups is 1. The number of aromatic nitrogens is 3. The van der Waals surface area contributed by atoms with Gasteiger partial charge in [-0.15, -0.1) is 0 Å². The van der Waals surface area contributed by atoms with Crippen molar-refractivity contribution >= 4 is 11.7 Å². The standard InChI is InChI=1S/C19H27N5O2/c25-14-4-9-20-18-7-6-16(15-21-18)19(26)24-12-2-1-5-17(24)8-13-23-11-3-10-22-23/h3,6-7,10-11,15,17,25H,1-2,4-5,8-9,12-14H2,(H,20,21)/t17-/m0/s1. The predicted molar refractivity (Wildman–Crippen MR) is 99.9 cm³/mol. The van der Waals surface area contributed by atoms with Crippen LogP contribution in [-0.2, 0) is 6.54 Å². The summed E-state index contributed by atoms with van der Waals surface area (Å²) in [6.45, 7) is 2.45. The largest absolute Gasteiger partial charge is 0.396 e. The van der Waals surface area contributed by atoms with Crippen LogP contribution in [-0.4, -0.2) is 56.4 Å². The lowest BCUT2D eigenvalue weighted by molar-refractivity contribution is 0.0593. The number of piperidine rings is 1. The number of aliphatic hydroxyl groups excluding tert-OH is 1. The number of nitrogens with zero attached hydrogens (tertiary/aromatic N) is 4. The van der Waals surface area contributed by atoms with E-state index in [1.807, 2.05) is 34.0 Å². The molecule has 2 aromatic heterocycles. The molecule has 7 heteroatoms. The summed E-state index contributed by atoms with van der Waals surface area (Å²) >= 11 is 0. The molecule has 0 bridgehead atoms. The first-order chi connectivity index (χ1) is 12.8. The highest BCUT2D eigenvalue weighted by Crippen LogP contribution is 2.22. The van der Waals surface area contributed by atoms with E-state index in [1.54, 1.807) is 12.4 Å². The van der Waals surface area contributed by atoms with Gasteiger partial charge in [-0.05, 0) is 50.3 Å². The summed E-state index contributed by atoms with van der Waals surface area (Å²) in [4.78, 5) is 19.3. The molecule has 26 heavy (non-hydrogen) atoms. The summed E-state index contributed by atoms with van der Waals surface area (Å²) in [5.41, 5.74) is 0.628. The number of hydrogen-bond donors (Lipinski definition) is 2. The number of amides is 1. The van der Waals surface area contributed by atoms with E-state index in [-0.39, 0.29) is 18.6 Å². The fourth-order valence-corrected chi connectivity index (χ4v) is 3.37. The van der Waals surface area contributed by atoms with Gasteiger partial charge in [0, 0.05) is 50.9 Å². The Hall–Kier alpha value is -2.41. The van der Waals surface area contributed by atoms with Crippen LogP contribution < -0.4 is 5.32 Å². The molecule has 1 aliphatic heterocycles. The van der Waals surface area contributed by atoms with E-state index in [2.05, 4.69) is 15.4 Å². The lowest BCUT2D eigenvalue weighted by Gasteiger charge is -2.36. The Morgan fingerprint density at radius 2 is 2.27 bits per heavy atom. The van der Waals surface area contributed by atoms with Crippen molar-refractivity contribution in [2.24, 2.45) is 0 Å². The topological polar surface area (TPSA) is 83.3 Å². The summed E-state index contributed by atoms with van der Waals surface area (Å²) < 4.78 is 1.92. The zero-order valence-electron chi connectivity index (χ0n) is 15.0. The zero-order valence-corrected chi connectivity index (χ0v) is 15.0. The van der Waals surface area contributed by atoms with Crippen LogP contribution in [0.2, 0.25) is 0 Å². The third-order valence-corrected chi connectivity index (χ3v) is 4.79. The van der Waals surface area contributed by atoms with E-state index < -0.39 is 0 Å². The number of likely N-dealkylation sites (tertiary alicyclic amines) is 1. The fraction of sp³-hybridized carbons (Fsp3) is 0.526. The van der Waals surface area contributed by atoms with Gasteiger partial charge in [0.25, 0.3) is 5.91 Å². The second-order valence-electron chi connectivity index (χ2n) is 6.64. The average molecular weight is 357 g/mol. The minimum Gasteiger partial charge on any atom is -0.396 e. The molecule has 1 saturated heterocycles. The van der Waals surface area contributed by atoms with Gasteiger partial charge in [-0.1, -0.05) is 0 Å². The lowest BCUT2D eigenvalue weighted by atomic mass is 9.98. The monoisotopic (exact) mass is 357 g/mol. The molecule has 7 nitrogen and oxygen atoms in total. The molecule has 0 saturated carbocycles. The van der Waals surface area contributed by atoms with Crippen molar-refractivity contribution in [2.45, 2.75) is 44.7 Å². The van der Waals surface area contributed by atoms with Crippen LogP contribution in [0.1, 0.15) is 42.5 Å². The van der Waals surface area contributed by atoms with Gasteiger partial charge in [-0.3, -0.25) is 9.48 Å². The van der Waals surface area contributed by atoms with E-state index >= 15 is 0 Å². The van der Waals surface area contributed by atoms with Gasteiger partial charge in [0.2, 0.25) is 0 Å². The number of hydrogen-bond acceptors (Lipinski definition) is 5. The number of rotatable bonds is 8. The molecule has 1 atom stereocenters. The molecule has 2 aromatic rings. The van der Waals surface area contributed by atoms with E-state index in [1.165, 1.54) is 6.42 Å². The van der Waals surface area contributed by atoms with Gasteiger partial charge in [-0.25, -0.2) is 4.98 Å². The normalized spacial score (nSPS) is 17.3. The minimum absolute atomic E-state index is 0.0598. The smallest absolute Gasteiger partial charge is 0.255 e. The van der Waals surface area contributed by atoms with Gasteiger partial charge in [0.1, 0.15) is 5.82 Å². The van der Waals surface area contributed by atoms with E-state index in [9.17, 15) is 4.79 Å². The number of carbonyl (C=O) groups is 1. The first-order valence-electron chi connectivity index (χ1n) is 9.37. The minimum atomic E-state index is 0.0598. The maximum atomic E-state index is 13.0. The quantitative estimate of drug-likeness (QED) is 0.708. The molecule has 1 fully saturated rings. The number of pyridine rings is 1. The van der Waals surface area contributed by atoms with Crippen molar-refractivity contribution in [1.29, 1.82) is 0 Å². The van der Waals surface area contributed by atoms with Gasteiger partial charge < -0.3 is 15.3 Å². The molecular weight excluding hydrogens is 330 g/mol. The summed E-state index contributed by atoms with van der Waals surface area (Å²) in [5, 5.41) is 16.2. The summed E-state index contributed by atoms with van der Waals surface area (Å²) in [6, 6.07) is 5.83. The summed E-state index contributed by atoms with van der Waals surface area (Å²) in [5.74, 6) is 0.786. The number of carbonyl (C=O) groups excluding carboxylic acids is 1. The average Bonchev–Trinajstić information content (AvgIpc) is 3.20. The lowest BCUT2D eigenvalue weighted by Crippen LogP contribution is -2.44. The Labute approximate surface area is 154 Å². The van der Waals surface area contributed by atoms with Crippen molar-refractivity contribution in [1.82, 2.24) is 19.7 Å². The van der Waals surface area contributed by atoms with Gasteiger partial charge in [0.15, 0.2) is 0 Å². The van der Waals surface area contributed by atoms with E-state index in [0.29, 0.717) is 18.5 Å². The Bertz CT molecular complexity index is 672. The number of nitrogens with one attached hydrogen (secondary N) is 1. The molecule has 0 spiro atoms. The molecule has 2 N–H and O–H groups in total. The second kappa shape index (κ2) is 9.33. The third kappa shape index (κ3) is 4.82. The fourth-order valence-electron chi connectivity index (χ4n) is 3.37. The molecule has 3 heterocycles. The highest BCUT2D eigenvalue weighted by atomic mass is 16.3. The third-order valence-electron chi connectivity index (χ3n) is 4.79. The van der Waals surface area contributed by atoms with Crippen molar-refractivity contribution in [3.8, 4) is 0 Å². The van der Waals surface area contributed by atoms with Crippen LogP contribution in [0.3, 0.4) is 0 Å². The zero-order chi connectivity index (χ0) is 18.2. The molecule has 0 aliphatic carbocycles. The number of anilines is 1. The maximum absolute atomic E-state index is 13.0. The molecule has 140 valence electrons. The first kappa shape index (κ1) is 18.4. The van der Waals surface area contributed by atoms with Crippen molar-refractivity contribution in [3.63, 3.8) is 0 Å². The summed E-state index contributed by atoms with van der Waals surface area (Å²) in [6.07, 6.45) is 10.2. The predicted octanol–water partition coefficient (Wildman–Crippen LogP) is 2.16. The first-order valence-corrected chi connectivity index (χ1v) is 9.37. The van der Waals surface area contributed by atoms with Crippen LogP contribution in [0, 0.1) is 0 Å². The van der Waals surface area contributed by atoms with Gasteiger partial charge in [-0.2, -0.15) is 5.10 Å². The number of aryl methyl sites for hydroxylation is 1. The Morgan fingerprint density at radius 3 is 3.00 bits per heavy atom. The van der Waals surface area contributed by atoms with Gasteiger partial charge in [0.05, 0.1) is 5.56 Å². The van der Waals surface area contributed by atoms with E-state index in [0.717, 1.165) is 38.2 Å². The highest BCUT2D eigenvalue weighted by molar-refractivity contribution is 5.94. The molecule has 3 rings (SSSR count). The molecule has 0 aromatic carbocycles. The molecule has 0 radical (unpaired) electrons. The van der Waals surface area contributed by atoms with E-state index in [4.69, 9.17) is 5.11 Å². The Morgan fingerprint density at radius 1 is 1.35 bits per heavy atom. The van der Waals surface area contributed by atoms with Crippen molar-refractivity contribution in [2.75, 3.05) is 25.0 Å². The molecule has 0 unspecified atom stereocenters. The van der Waals surface area contributed by atoms with Crippen LogP contribution in [0.5, 0.6) is 0 Å². The Kier molecular flexibility index (Phi) is 6.60. The van der Waals surface area contributed by atoms with Crippen molar-refractivity contribution in [3.05, 3.63) is 42.4 Å². The Balaban J connectivity index is 1.60. The molecular formula is C19H27N5O2. The summed E-state index contributed by atoms with van der Waals surface area (Å²) in [7, 11) is 0. The molecule has 1 amide bonds. The van der Waals surface area contributed by atoms with Gasteiger partial charge >= 0.3 is 0 Å². The SMILES string of the molecule is O=C(c1ccc(NCCCO)nc1)N1CCCC[C@H]1CCn1cccn1. The van der Waals surface area contributed by atoms with Crippen LogP contribution in [0.15, 0.2) is 36.8 Å². The maximum Gasteiger partial charge on any atom is 0.255 e. The van der Waals surface area contributed by atoms with Crippen molar-refractivity contribution < 1.29 is 9.90 Å². The second-order valence-corrected chi connectivity index (χ2v) is 6.64. The van der Waals surface area contributed by atoms with Crippen LogP contribution >= 0.6 is 0 Å².